The van der Waals surface area contributed by atoms with E-state index in [-0.39, 0.29) is 16.7 Å². The number of benzene rings is 2. The van der Waals surface area contributed by atoms with E-state index in [2.05, 4.69) is 25.3 Å². The zero-order valence-electron chi connectivity index (χ0n) is 17.8. The number of imidazole rings is 1. The van der Waals surface area contributed by atoms with E-state index in [1.165, 1.54) is 23.1 Å². The van der Waals surface area contributed by atoms with Gasteiger partial charge in [0.05, 0.1) is 34.0 Å². The Kier molecular flexibility index (Phi) is 5.97. The molecule has 1 amide bonds. The molecule has 3 aromatic heterocycles. The molecule has 0 saturated heterocycles. The van der Waals surface area contributed by atoms with Gasteiger partial charge >= 0.3 is 0 Å². The zero-order chi connectivity index (χ0) is 22.8. The standard InChI is InChI=1S/C24H21N5O2S2/c1-14(22(30)25-11-19-26-17-9-5-6-10-18(17)27-19)32-13-20-28-23(31)21-16(12-33-24(21)29-20)15-7-3-2-4-8-15/h2-10,12,14H,11,13H2,1H3,(H,25,30)(H,26,27)(H,28,29,31)/t14-/m0/s1. The van der Waals surface area contributed by atoms with E-state index in [4.69, 9.17) is 0 Å². The number of nitrogens with one attached hydrogen (secondary N) is 3. The predicted octanol–water partition coefficient (Wildman–Crippen LogP) is 4.47. The van der Waals surface area contributed by atoms with Crippen molar-refractivity contribution in [3.8, 4) is 11.1 Å². The number of fused-ring (bicyclic) bond motifs is 2. The first-order valence-corrected chi connectivity index (χ1v) is 12.4. The van der Waals surface area contributed by atoms with Crippen LogP contribution in [0.2, 0.25) is 0 Å². The zero-order valence-corrected chi connectivity index (χ0v) is 19.4. The number of H-pyrrole nitrogens is 2. The molecule has 0 fully saturated rings. The Hall–Kier alpha value is -3.43. The largest absolute Gasteiger partial charge is 0.348 e. The molecule has 5 rings (SSSR count). The molecule has 7 nitrogen and oxygen atoms in total. The molecule has 0 saturated carbocycles. The normalized spacial score (nSPS) is 12.3. The van der Waals surface area contributed by atoms with Gasteiger partial charge in [-0.15, -0.1) is 23.1 Å². The van der Waals surface area contributed by atoms with Gasteiger partial charge in [-0.05, 0) is 24.6 Å². The van der Waals surface area contributed by atoms with Gasteiger partial charge in [0, 0.05) is 10.9 Å². The maximum atomic E-state index is 12.8. The molecule has 0 aliphatic carbocycles. The Labute approximate surface area is 197 Å². The number of hydrogen-bond donors (Lipinski definition) is 3. The van der Waals surface area contributed by atoms with Crippen molar-refractivity contribution < 1.29 is 4.79 Å². The van der Waals surface area contributed by atoms with Crippen LogP contribution in [0.3, 0.4) is 0 Å². The van der Waals surface area contributed by atoms with Gasteiger partial charge in [0.15, 0.2) is 0 Å². The summed E-state index contributed by atoms with van der Waals surface area (Å²) in [5.74, 6) is 1.62. The molecule has 9 heteroatoms. The number of amides is 1. The summed E-state index contributed by atoms with van der Waals surface area (Å²) in [5.41, 5.74) is 3.55. The van der Waals surface area contributed by atoms with E-state index in [9.17, 15) is 9.59 Å². The summed E-state index contributed by atoms with van der Waals surface area (Å²) in [7, 11) is 0. The van der Waals surface area contributed by atoms with Gasteiger partial charge in [0.25, 0.3) is 5.56 Å². The Bertz CT molecular complexity index is 1460. The second-order valence-electron chi connectivity index (χ2n) is 7.58. The van der Waals surface area contributed by atoms with Gasteiger partial charge in [0.1, 0.15) is 16.5 Å². The minimum absolute atomic E-state index is 0.0913. The highest BCUT2D eigenvalue weighted by molar-refractivity contribution is 7.99. The molecule has 2 aromatic carbocycles. The van der Waals surface area contributed by atoms with E-state index in [1.807, 2.05) is 66.9 Å². The fraction of sp³-hybridized carbons (Fsp3) is 0.167. The molecule has 3 N–H and O–H groups in total. The molecule has 0 aliphatic heterocycles. The number of aromatic amines is 2. The minimum Gasteiger partial charge on any atom is -0.348 e. The lowest BCUT2D eigenvalue weighted by Gasteiger charge is -2.11. The Morgan fingerprint density at radius 2 is 1.85 bits per heavy atom. The minimum atomic E-state index is -0.307. The van der Waals surface area contributed by atoms with Crippen molar-refractivity contribution in [1.82, 2.24) is 25.3 Å². The molecule has 0 aliphatic rings. The number of hydrogen-bond acceptors (Lipinski definition) is 6. The van der Waals surface area contributed by atoms with Crippen molar-refractivity contribution in [3.63, 3.8) is 0 Å². The van der Waals surface area contributed by atoms with E-state index in [0.29, 0.717) is 34.2 Å². The quantitative estimate of drug-likeness (QED) is 0.322. The first-order chi connectivity index (χ1) is 16.1. The molecular formula is C24H21N5O2S2. The van der Waals surface area contributed by atoms with Crippen molar-refractivity contribution >= 4 is 50.3 Å². The predicted molar refractivity (Wildman–Crippen MR) is 134 cm³/mol. The lowest BCUT2D eigenvalue weighted by atomic mass is 10.1. The maximum Gasteiger partial charge on any atom is 0.260 e. The summed E-state index contributed by atoms with van der Waals surface area (Å²) in [6.45, 7) is 2.17. The molecule has 166 valence electrons. The molecular weight excluding hydrogens is 454 g/mol. The summed E-state index contributed by atoms with van der Waals surface area (Å²) in [6, 6.07) is 17.6. The van der Waals surface area contributed by atoms with Crippen molar-refractivity contribution in [2.45, 2.75) is 24.5 Å². The molecule has 33 heavy (non-hydrogen) atoms. The fourth-order valence-corrected chi connectivity index (χ4v) is 5.32. The second kappa shape index (κ2) is 9.21. The smallest absolute Gasteiger partial charge is 0.260 e. The van der Waals surface area contributed by atoms with Crippen molar-refractivity contribution in [2.75, 3.05) is 0 Å². The van der Waals surface area contributed by atoms with Crippen LogP contribution in [-0.2, 0) is 17.1 Å². The van der Waals surface area contributed by atoms with E-state index >= 15 is 0 Å². The van der Waals surface area contributed by atoms with Gasteiger partial charge in [-0.2, -0.15) is 0 Å². The third-order valence-corrected chi connectivity index (χ3v) is 7.31. The molecule has 5 aromatic rings. The van der Waals surface area contributed by atoms with Crippen molar-refractivity contribution in [3.05, 3.63) is 82.0 Å². The van der Waals surface area contributed by atoms with E-state index < -0.39 is 0 Å². The molecule has 3 heterocycles. The van der Waals surface area contributed by atoms with Gasteiger partial charge in [-0.25, -0.2) is 9.97 Å². The number of carbonyl (C=O) groups excluding carboxylic acids is 1. The number of thioether (sulfide) groups is 1. The van der Waals surface area contributed by atoms with E-state index in [1.54, 1.807) is 0 Å². The van der Waals surface area contributed by atoms with Crippen LogP contribution in [0.1, 0.15) is 18.6 Å². The van der Waals surface area contributed by atoms with Gasteiger partial charge in [0.2, 0.25) is 5.91 Å². The van der Waals surface area contributed by atoms with Crippen LogP contribution in [0.5, 0.6) is 0 Å². The average molecular weight is 476 g/mol. The van der Waals surface area contributed by atoms with Crippen LogP contribution >= 0.6 is 23.1 Å². The Balaban J connectivity index is 1.22. The number of rotatable bonds is 7. The second-order valence-corrected chi connectivity index (χ2v) is 9.77. The summed E-state index contributed by atoms with van der Waals surface area (Å²) in [5, 5.41) is 5.18. The summed E-state index contributed by atoms with van der Waals surface area (Å²) in [4.78, 5) is 41.2. The molecule has 0 bridgehead atoms. The summed E-state index contributed by atoms with van der Waals surface area (Å²) >= 11 is 2.88. The third kappa shape index (κ3) is 4.55. The highest BCUT2D eigenvalue weighted by Gasteiger charge is 2.17. The monoisotopic (exact) mass is 475 g/mol. The first-order valence-electron chi connectivity index (χ1n) is 10.5. The lowest BCUT2D eigenvalue weighted by molar-refractivity contribution is -0.120. The molecule has 0 radical (unpaired) electrons. The Morgan fingerprint density at radius 1 is 1.06 bits per heavy atom. The third-order valence-electron chi connectivity index (χ3n) is 5.29. The SMILES string of the molecule is C[C@H](SCc1nc2scc(-c3ccccc3)c2c(=O)[nH]1)C(=O)NCc1nc2ccccc2[nH]1. The highest BCUT2D eigenvalue weighted by Crippen LogP contribution is 2.30. The summed E-state index contributed by atoms with van der Waals surface area (Å²) in [6.07, 6.45) is 0. The van der Waals surface area contributed by atoms with Crippen LogP contribution in [0.15, 0.2) is 64.8 Å². The van der Waals surface area contributed by atoms with E-state index in [0.717, 1.165) is 22.2 Å². The maximum absolute atomic E-state index is 12.8. The molecule has 0 unspecified atom stereocenters. The summed E-state index contributed by atoms with van der Waals surface area (Å²) < 4.78 is 0. The van der Waals surface area contributed by atoms with Gasteiger partial charge in [-0.3, -0.25) is 9.59 Å². The Morgan fingerprint density at radius 3 is 2.67 bits per heavy atom. The number of para-hydroxylation sites is 2. The number of aromatic nitrogens is 4. The van der Waals surface area contributed by atoms with Crippen molar-refractivity contribution in [1.29, 1.82) is 0 Å². The highest BCUT2D eigenvalue weighted by atomic mass is 32.2. The number of carbonyl (C=O) groups is 1. The van der Waals surface area contributed by atoms with Gasteiger partial charge in [-0.1, -0.05) is 42.5 Å². The van der Waals surface area contributed by atoms with Crippen LogP contribution in [-0.4, -0.2) is 31.1 Å². The first kappa shape index (κ1) is 21.4. The lowest BCUT2D eigenvalue weighted by Crippen LogP contribution is -2.31. The average Bonchev–Trinajstić information content (AvgIpc) is 3.45. The van der Waals surface area contributed by atoms with Crippen LogP contribution in [0.4, 0.5) is 0 Å². The number of thiophene rings is 1. The number of nitrogens with zero attached hydrogens (tertiary/aromatic N) is 2. The van der Waals surface area contributed by atoms with Crippen LogP contribution in [0.25, 0.3) is 32.4 Å². The van der Waals surface area contributed by atoms with Crippen LogP contribution in [0, 0.1) is 0 Å². The molecule has 0 spiro atoms. The van der Waals surface area contributed by atoms with Crippen molar-refractivity contribution in [2.24, 2.45) is 0 Å². The van der Waals surface area contributed by atoms with Crippen LogP contribution < -0.4 is 10.9 Å². The van der Waals surface area contributed by atoms with Gasteiger partial charge < -0.3 is 15.3 Å². The topological polar surface area (TPSA) is 104 Å². The fourth-order valence-electron chi connectivity index (χ4n) is 3.58. The molecule has 1 atom stereocenters.